The molecule has 228 valence electrons. The Morgan fingerprint density at radius 2 is 1.88 bits per heavy atom. The van der Waals surface area contributed by atoms with Crippen molar-refractivity contribution in [3.05, 3.63) is 64.3 Å². The van der Waals surface area contributed by atoms with Crippen LogP contribution in [0.2, 0.25) is 0 Å². The van der Waals surface area contributed by atoms with E-state index in [1.54, 1.807) is 31.2 Å². The molecule has 3 aromatic rings. The number of amides is 4. The molecule has 0 aliphatic heterocycles. The van der Waals surface area contributed by atoms with Gasteiger partial charge in [0, 0.05) is 41.9 Å². The number of Topliss-reactive ketones (excluding diaryl/α,β-unsaturated/α-hetero) is 1. The molecule has 2 heterocycles. The van der Waals surface area contributed by atoms with Gasteiger partial charge in [0.25, 0.3) is 17.4 Å². The fourth-order valence-electron chi connectivity index (χ4n) is 5.98. The van der Waals surface area contributed by atoms with Crippen LogP contribution in [0.15, 0.2) is 51.8 Å². The first kappa shape index (κ1) is 28.8. The summed E-state index contributed by atoms with van der Waals surface area (Å²) in [5.74, 6) is -2.67. The summed E-state index contributed by atoms with van der Waals surface area (Å²) in [5, 5.41) is 11.1. The highest BCUT2D eigenvalue weighted by Crippen LogP contribution is 2.51. The number of furan rings is 1. The number of para-hydroxylation sites is 1. The second-order valence-electron chi connectivity index (χ2n) is 11.1. The number of benzene rings is 1. The van der Waals surface area contributed by atoms with Gasteiger partial charge in [-0.05, 0) is 63.1 Å². The standard InChI is InChI=1S/C30H33N5O7.4H2/c1-17-19-6-3-4-8-23(19)42-25(17)28(40)32-20(9-10-22(36)27(39)31-2)26(38)33-21-7-5-13-35(29(21)41)16-24(37)34-30-12-11-18(14-30)15-30;;;;/h3-8,13,18,20H,9-12,14-16H2,1-2H3,(H,31,39)(H,32,40)(H,33,38)(H,34,37);4*1H/t18?,20-,30?;;;;/m0..../s1. The zero-order valence-corrected chi connectivity index (χ0v) is 23.5. The highest BCUT2D eigenvalue weighted by molar-refractivity contribution is 6.36. The lowest BCUT2D eigenvalue weighted by Crippen LogP contribution is -2.53. The van der Waals surface area contributed by atoms with Gasteiger partial charge in [-0.3, -0.25) is 28.8 Å². The lowest BCUT2D eigenvalue weighted by molar-refractivity contribution is -0.137. The Morgan fingerprint density at radius 1 is 1.12 bits per heavy atom. The van der Waals surface area contributed by atoms with E-state index in [9.17, 15) is 28.8 Å². The average molecular weight is 584 g/mol. The van der Waals surface area contributed by atoms with E-state index in [-0.39, 0.29) is 48.0 Å². The number of carbonyl (C=O) groups excluding carboxylic acids is 5. The zero-order chi connectivity index (χ0) is 30.0. The number of aryl methyl sites for hydroxylation is 1. The van der Waals surface area contributed by atoms with E-state index in [1.807, 2.05) is 0 Å². The maximum absolute atomic E-state index is 13.4. The molecule has 42 heavy (non-hydrogen) atoms. The Bertz CT molecular complexity index is 1650. The molecular weight excluding hydrogens is 542 g/mol. The first-order valence-electron chi connectivity index (χ1n) is 13.9. The van der Waals surface area contributed by atoms with Gasteiger partial charge < -0.3 is 30.3 Å². The SMILES string of the molecule is CNC(=O)C(=O)CC[C@H](NC(=O)c1oc2ccccc2c1C)C(=O)Nc1cccn(CC(=O)NC23CCC(C2)C3)c1=O.[HH].[HH].[HH].[HH]. The third-order valence-electron chi connectivity index (χ3n) is 8.20. The maximum Gasteiger partial charge on any atom is 0.287 e. The predicted molar refractivity (Wildman–Crippen MR) is 161 cm³/mol. The Morgan fingerprint density at radius 3 is 2.57 bits per heavy atom. The summed E-state index contributed by atoms with van der Waals surface area (Å²) in [5.41, 5.74) is 0.204. The fourth-order valence-corrected chi connectivity index (χ4v) is 5.98. The van der Waals surface area contributed by atoms with Crippen molar-refractivity contribution in [2.75, 3.05) is 12.4 Å². The molecule has 4 amide bonds. The van der Waals surface area contributed by atoms with Gasteiger partial charge in [-0.1, -0.05) is 18.2 Å². The second kappa shape index (κ2) is 11.6. The number of nitrogens with one attached hydrogen (secondary N) is 4. The van der Waals surface area contributed by atoms with Crippen molar-refractivity contribution in [2.24, 2.45) is 5.92 Å². The smallest absolute Gasteiger partial charge is 0.287 e. The van der Waals surface area contributed by atoms with E-state index in [0.29, 0.717) is 17.1 Å². The molecule has 6 rings (SSSR count). The first-order chi connectivity index (χ1) is 20.1. The normalized spacial score (nSPS) is 19.4. The van der Waals surface area contributed by atoms with Crippen LogP contribution in [-0.4, -0.2) is 52.6 Å². The number of hydrogen-bond donors (Lipinski definition) is 4. The molecule has 0 spiro atoms. The second-order valence-corrected chi connectivity index (χ2v) is 11.1. The number of carbonyl (C=O) groups is 5. The average Bonchev–Trinajstić information content (AvgIpc) is 3.65. The highest BCUT2D eigenvalue weighted by Gasteiger charge is 2.50. The zero-order valence-electron chi connectivity index (χ0n) is 23.5. The maximum atomic E-state index is 13.4. The van der Waals surface area contributed by atoms with Crippen molar-refractivity contribution in [2.45, 2.75) is 63.6 Å². The molecule has 3 aliphatic carbocycles. The van der Waals surface area contributed by atoms with Crippen LogP contribution < -0.4 is 26.8 Å². The molecule has 4 N–H and O–H groups in total. The van der Waals surface area contributed by atoms with Crippen molar-refractivity contribution in [3.8, 4) is 0 Å². The van der Waals surface area contributed by atoms with Crippen LogP contribution in [0.5, 0.6) is 0 Å². The van der Waals surface area contributed by atoms with Crippen LogP contribution >= 0.6 is 0 Å². The quantitative estimate of drug-likeness (QED) is 0.252. The van der Waals surface area contributed by atoms with Gasteiger partial charge in [-0.15, -0.1) is 0 Å². The number of hydrogen-bond acceptors (Lipinski definition) is 7. The number of fused-ring (bicyclic) bond motifs is 2. The van der Waals surface area contributed by atoms with Crippen molar-refractivity contribution in [3.63, 3.8) is 0 Å². The van der Waals surface area contributed by atoms with E-state index in [1.165, 1.54) is 29.9 Å². The number of anilines is 1. The molecule has 12 heteroatoms. The summed E-state index contributed by atoms with van der Waals surface area (Å²) >= 11 is 0. The van der Waals surface area contributed by atoms with Gasteiger partial charge in [0.2, 0.25) is 17.6 Å². The molecule has 0 radical (unpaired) electrons. The Kier molecular flexibility index (Phi) is 7.97. The summed E-state index contributed by atoms with van der Waals surface area (Å²) < 4.78 is 6.91. The minimum absolute atomic E-state index is 0. The summed E-state index contributed by atoms with van der Waals surface area (Å²) in [6.45, 7) is 1.50. The molecule has 0 saturated heterocycles. The van der Waals surface area contributed by atoms with Crippen molar-refractivity contribution >= 4 is 46.1 Å². The van der Waals surface area contributed by atoms with E-state index in [4.69, 9.17) is 4.42 Å². The van der Waals surface area contributed by atoms with Crippen molar-refractivity contribution in [1.82, 2.24) is 20.5 Å². The Hall–Kier alpha value is -4.74. The largest absolute Gasteiger partial charge is 0.451 e. The van der Waals surface area contributed by atoms with Crippen LogP contribution in [0.1, 0.15) is 60.3 Å². The number of nitrogens with zero attached hydrogens (tertiary/aromatic N) is 1. The van der Waals surface area contributed by atoms with Crippen molar-refractivity contribution < 1.29 is 34.1 Å². The summed E-state index contributed by atoms with van der Waals surface area (Å²) in [4.78, 5) is 76.3. The van der Waals surface area contributed by atoms with Crippen LogP contribution in [0.25, 0.3) is 11.0 Å². The number of aromatic nitrogens is 1. The summed E-state index contributed by atoms with van der Waals surface area (Å²) in [7, 11) is 1.31. The minimum Gasteiger partial charge on any atom is -0.451 e. The third kappa shape index (κ3) is 5.83. The number of pyridine rings is 1. The fraction of sp³-hybridized carbons (Fsp3) is 0.400. The molecule has 1 aromatic carbocycles. The lowest BCUT2D eigenvalue weighted by atomic mass is 9.77. The Balaban J connectivity index is 0.00000264. The van der Waals surface area contributed by atoms with Gasteiger partial charge in [0.05, 0.1) is 0 Å². The molecule has 2 bridgehead atoms. The van der Waals surface area contributed by atoms with E-state index < -0.39 is 35.1 Å². The topological polar surface area (TPSA) is 169 Å². The molecule has 1 atom stereocenters. The third-order valence-corrected chi connectivity index (χ3v) is 8.20. The monoisotopic (exact) mass is 583 g/mol. The summed E-state index contributed by atoms with van der Waals surface area (Å²) in [6.07, 6.45) is 4.88. The van der Waals surface area contributed by atoms with Crippen LogP contribution in [0, 0.1) is 12.8 Å². The van der Waals surface area contributed by atoms with Crippen LogP contribution in [0.3, 0.4) is 0 Å². The van der Waals surface area contributed by atoms with Gasteiger partial charge >= 0.3 is 0 Å². The molecule has 3 aliphatic rings. The van der Waals surface area contributed by atoms with Gasteiger partial charge in [-0.25, -0.2) is 0 Å². The predicted octanol–water partition coefficient (Wildman–Crippen LogP) is 2.78. The molecule has 3 fully saturated rings. The summed E-state index contributed by atoms with van der Waals surface area (Å²) in [6, 6.07) is 8.71. The number of likely N-dealkylation sites (N-methyl/N-ethyl adjacent to an activating group) is 1. The van der Waals surface area contributed by atoms with Crippen LogP contribution in [-0.2, 0) is 25.7 Å². The van der Waals surface area contributed by atoms with Gasteiger partial charge in [-0.2, -0.15) is 0 Å². The first-order valence-corrected chi connectivity index (χ1v) is 13.9. The van der Waals surface area contributed by atoms with E-state index in [0.717, 1.165) is 31.1 Å². The van der Waals surface area contributed by atoms with E-state index >= 15 is 0 Å². The number of rotatable bonds is 11. The van der Waals surface area contributed by atoms with Gasteiger partial charge in [0.1, 0.15) is 23.9 Å². The van der Waals surface area contributed by atoms with E-state index in [2.05, 4.69) is 21.3 Å². The minimum atomic E-state index is -1.29. The van der Waals surface area contributed by atoms with Gasteiger partial charge in [0.15, 0.2) is 5.76 Å². The molecule has 3 saturated carbocycles. The molecule has 2 aromatic heterocycles. The molecular formula is C30H41N5O7. The van der Waals surface area contributed by atoms with Crippen LogP contribution in [0.4, 0.5) is 5.69 Å². The molecule has 0 unspecified atom stereocenters. The highest BCUT2D eigenvalue weighted by atomic mass is 16.3. The molecule has 12 nitrogen and oxygen atoms in total. The Labute approximate surface area is 247 Å². The number of ketones is 1. The van der Waals surface area contributed by atoms with Crippen molar-refractivity contribution in [1.29, 1.82) is 0 Å². The lowest BCUT2D eigenvalue weighted by Gasteiger charge is -2.39.